The average molecular weight is 415 g/mol. The van der Waals surface area contributed by atoms with E-state index in [1.165, 1.54) is 6.07 Å². The summed E-state index contributed by atoms with van der Waals surface area (Å²) in [6.07, 6.45) is 3.74. The summed E-state index contributed by atoms with van der Waals surface area (Å²) in [4.78, 5) is 26.5. The number of rotatable bonds is 8. The topological polar surface area (TPSA) is 70.0 Å². The average Bonchev–Trinajstić information content (AvgIpc) is 2.76. The Bertz CT molecular complexity index is 899. The number of ether oxygens (including phenoxy) is 3. The third-order valence-corrected chi connectivity index (χ3v) is 5.53. The highest BCUT2D eigenvalue weighted by Crippen LogP contribution is 2.18. The molecule has 0 radical (unpaired) electrons. The first-order valence-corrected chi connectivity index (χ1v) is 10.4. The fourth-order valence-corrected chi connectivity index (χ4v) is 3.49. The Morgan fingerprint density at radius 3 is 2.40 bits per heavy atom. The van der Waals surface area contributed by atoms with Crippen LogP contribution in [-0.2, 0) is 11.3 Å². The van der Waals surface area contributed by atoms with Gasteiger partial charge >= 0.3 is 0 Å². The van der Waals surface area contributed by atoms with Crippen LogP contribution in [0.15, 0.2) is 41.3 Å². The monoisotopic (exact) mass is 414 g/mol. The smallest absolute Gasteiger partial charge is 0.260 e. The largest absolute Gasteiger partial charge is 0.497 e. The van der Waals surface area contributed by atoms with Crippen LogP contribution in [-0.4, -0.2) is 48.8 Å². The van der Waals surface area contributed by atoms with Gasteiger partial charge in [-0.1, -0.05) is 6.92 Å². The van der Waals surface area contributed by atoms with Crippen molar-refractivity contribution in [3.8, 4) is 17.2 Å². The van der Waals surface area contributed by atoms with E-state index in [0.29, 0.717) is 24.8 Å². The second-order valence-corrected chi connectivity index (χ2v) is 7.66. The van der Waals surface area contributed by atoms with Gasteiger partial charge in [0.15, 0.2) is 12.4 Å². The van der Waals surface area contributed by atoms with Crippen LogP contribution < -0.4 is 19.6 Å². The van der Waals surface area contributed by atoms with Crippen molar-refractivity contribution in [2.24, 2.45) is 5.92 Å². The van der Waals surface area contributed by atoms with E-state index in [2.05, 4.69) is 6.92 Å². The molecule has 0 bridgehead atoms. The summed E-state index contributed by atoms with van der Waals surface area (Å²) in [7, 11) is 1.62. The van der Waals surface area contributed by atoms with E-state index in [1.54, 1.807) is 13.3 Å². The second-order valence-electron chi connectivity index (χ2n) is 7.66. The van der Waals surface area contributed by atoms with Gasteiger partial charge in [0.25, 0.3) is 5.91 Å². The quantitative estimate of drug-likeness (QED) is 0.664. The van der Waals surface area contributed by atoms with Crippen LogP contribution in [0, 0.1) is 12.8 Å². The minimum Gasteiger partial charge on any atom is -0.497 e. The van der Waals surface area contributed by atoms with Crippen molar-refractivity contribution in [1.29, 1.82) is 0 Å². The maximum Gasteiger partial charge on any atom is 0.260 e. The molecule has 1 aliphatic heterocycles. The van der Waals surface area contributed by atoms with Gasteiger partial charge < -0.3 is 23.7 Å². The number of methoxy groups -OCH3 is 1. The molecule has 2 heterocycles. The zero-order valence-corrected chi connectivity index (χ0v) is 17.9. The fraction of sp³-hybridized carbons (Fsp3) is 0.478. The number of amides is 1. The van der Waals surface area contributed by atoms with Crippen LogP contribution in [0.5, 0.6) is 17.2 Å². The molecule has 30 heavy (non-hydrogen) atoms. The van der Waals surface area contributed by atoms with E-state index in [4.69, 9.17) is 14.2 Å². The first-order valence-electron chi connectivity index (χ1n) is 10.4. The lowest BCUT2D eigenvalue weighted by molar-refractivity contribution is -0.134. The molecule has 0 spiro atoms. The first kappa shape index (κ1) is 21.7. The zero-order valence-electron chi connectivity index (χ0n) is 17.9. The zero-order chi connectivity index (χ0) is 21.5. The van der Waals surface area contributed by atoms with Crippen LogP contribution in [0.3, 0.4) is 0 Å². The lowest BCUT2D eigenvalue weighted by Crippen LogP contribution is -2.40. The van der Waals surface area contributed by atoms with E-state index in [0.717, 1.165) is 37.4 Å². The van der Waals surface area contributed by atoms with Crippen LogP contribution in [0.2, 0.25) is 0 Å². The van der Waals surface area contributed by atoms with E-state index in [-0.39, 0.29) is 23.7 Å². The first-order chi connectivity index (χ1) is 14.5. The van der Waals surface area contributed by atoms with Crippen LogP contribution in [0.4, 0.5) is 0 Å². The highest BCUT2D eigenvalue weighted by atomic mass is 16.5. The number of pyridine rings is 1. The minimum atomic E-state index is -0.222. The number of aromatic nitrogens is 1. The van der Waals surface area contributed by atoms with Crippen molar-refractivity contribution in [3.05, 3.63) is 52.4 Å². The fourth-order valence-electron chi connectivity index (χ4n) is 3.49. The van der Waals surface area contributed by atoms with Gasteiger partial charge in [-0.15, -0.1) is 0 Å². The molecule has 7 heteroatoms. The van der Waals surface area contributed by atoms with E-state index in [1.807, 2.05) is 40.7 Å². The predicted octanol–water partition coefficient (Wildman–Crippen LogP) is 2.88. The highest BCUT2D eigenvalue weighted by Gasteiger charge is 2.21. The Morgan fingerprint density at radius 1 is 1.07 bits per heavy atom. The van der Waals surface area contributed by atoms with Gasteiger partial charge in [0, 0.05) is 25.4 Å². The number of hydrogen-bond acceptors (Lipinski definition) is 5. The van der Waals surface area contributed by atoms with E-state index >= 15 is 0 Å². The van der Waals surface area contributed by atoms with Gasteiger partial charge in [0.2, 0.25) is 5.43 Å². The molecule has 7 nitrogen and oxygen atoms in total. The SMILES string of the molecule is COc1ccc(OCCn2ccc(=O)c(OCC(=O)N3CCC(C)CC3)c2C)cc1. The second kappa shape index (κ2) is 10.2. The van der Waals surface area contributed by atoms with Gasteiger partial charge in [-0.25, -0.2) is 0 Å². The molecule has 3 rings (SSSR count). The maximum atomic E-state index is 12.4. The molecule has 1 aromatic carbocycles. The van der Waals surface area contributed by atoms with Crippen molar-refractivity contribution < 1.29 is 19.0 Å². The Labute approximate surface area is 177 Å². The number of nitrogens with zero attached hydrogens (tertiary/aromatic N) is 2. The van der Waals surface area contributed by atoms with Crippen molar-refractivity contribution in [2.75, 3.05) is 33.4 Å². The molecule has 1 saturated heterocycles. The van der Waals surface area contributed by atoms with Crippen LogP contribution in [0.1, 0.15) is 25.5 Å². The Morgan fingerprint density at radius 2 is 1.73 bits per heavy atom. The number of hydrogen-bond donors (Lipinski definition) is 0. The van der Waals surface area contributed by atoms with E-state index < -0.39 is 0 Å². The molecule has 0 N–H and O–H groups in total. The van der Waals surface area contributed by atoms with Crippen molar-refractivity contribution in [1.82, 2.24) is 9.47 Å². The molecule has 0 unspecified atom stereocenters. The number of piperidine rings is 1. The molecule has 162 valence electrons. The maximum absolute atomic E-state index is 12.4. The van der Waals surface area contributed by atoms with Gasteiger partial charge in [-0.2, -0.15) is 0 Å². The Kier molecular flexibility index (Phi) is 7.38. The van der Waals surface area contributed by atoms with Crippen molar-refractivity contribution >= 4 is 5.91 Å². The summed E-state index contributed by atoms with van der Waals surface area (Å²) >= 11 is 0. The van der Waals surface area contributed by atoms with Gasteiger partial charge in [0.05, 0.1) is 19.3 Å². The van der Waals surface area contributed by atoms with Crippen LogP contribution >= 0.6 is 0 Å². The van der Waals surface area contributed by atoms with E-state index in [9.17, 15) is 9.59 Å². The number of carbonyl (C=O) groups is 1. The summed E-state index contributed by atoms with van der Waals surface area (Å²) in [6, 6.07) is 8.83. The molecule has 2 aromatic rings. The van der Waals surface area contributed by atoms with Gasteiger partial charge in [0.1, 0.15) is 18.1 Å². The Hall–Kier alpha value is -2.96. The molecular weight excluding hydrogens is 384 g/mol. The summed E-state index contributed by atoms with van der Waals surface area (Å²) in [5.41, 5.74) is 0.459. The van der Waals surface area contributed by atoms with Crippen molar-refractivity contribution in [3.63, 3.8) is 0 Å². The molecular formula is C23H30N2O5. The molecule has 1 fully saturated rings. The molecule has 0 atom stereocenters. The summed E-state index contributed by atoms with van der Waals surface area (Å²) < 4.78 is 18.5. The lowest BCUT2D eigenvalue weighted by atomic mass is 9.99. The third-order valence-electron chi connectivity index (χ3n) is 5.53. The predicted molar refractivity (Wildman–Crippen MR) is 114 cm³/mol. The summed E-state index contributed by atoms with van der Waals surface area (Å²) in [5, 5.41) is 0. The van der Waals surface area contributed by atoms with Crippen LogP contribution in [0.25, 0.3) is 0 Å². The van der Waals surface area contributed by atoms with Gasteiger partial charge in [-0.05, 0) is 49.9 Å². The highest BCUT2D eigenvalue weighted by molar-refractivity contribution is 5.77. The standard InChI is InChI=1S/C23H30N2O5/c1-17-8-11-25(12-9-17)22(27)16-30-23-18(2)24(13-10-21(23)26)14-15-29-20-6-4-19(28-3)5-7-20/h4-7,10,13,17H,8-9,11-12,14-16H2,1-3H3. The Balaban J connectivity index is 1.56. The number of carbonyl (C=O) groups excluding carboxylic acids is 1. The van der Waals surface area contributed by atoms with Gasteiger partial charge in [-0.3, -0.25) is 9.59 Å². The molecule has 0 saturated carbocycles. The number of likely N-dealkylation sites (tertiary alicyclic amines) is 1. The summed E-state index contributed by atoms with van der Waals surface area (Å²) in [6.45, 7) is 6.39. The minimum absolute atomic E-state index is 0.0704. The van der Waals surface area contributed by atoms with Crippen molar-refractivity contribution in [2.45, 2.75) is 33.2 Å². The molecule has 1 amide bonds. The molecule has 1 aromatic heterocycles. The molecule has 1 aliphatic rings. The summed E-state index contributed by atoms with van der Waals surface area (Å²) in [5.74, 6) is 2.32. The number of benzene rings is 1. The normalized spacial score (nSPS) is 14.4. The lowest BCUT2D eigenvalue weighted by Gasteiger charge is -2.30. The third kappa shape index (κ3) is 5.55. The molecule has 0 aliphatic carbocycles.